The van der Waals surface area contributed by atoms with Crippen LogP contribution in [0.3, 0.4) is 0 Å². The van der Waals surface area contributed by atoms with Crippen molar-refractivity contribution in [2.24, 2.45) is 5.73 Å². The minimum absolute atomic E-state index is 0.150. The van der Waals surface area contributed by atoms with Gasteiger partial charge in [0, 0.05) is 0 Å². The summed E-state index contributed by atoms with van der Waals surface area (Å²) < 4.78 is 81.9. The van der Waals surface area contributed by atoms with E-state index >= 15 is 0 Å². The predicted molar refractivity (Wildman–Crippen MR) is 121 cm³/mol. The Morgan fingerprint density at radius 1 is 1.00 bits per heavy atom. The van der Waals surface area contributed by atoms with E-state index in [4.69, 9.17) is 40.5 Å². The molecule has 0 aromatic heterocycles. The van der Waals surface area contributed by atoms with Gasteiger partial charge >= 0.3 is 12.4 Å². The van der Waals surface area contributed by atoms with E-state index in [1.165, 1.54) is 6.92 Å². The monoisotopic (exact) mass is 558 g/mol. The molecule has 188 valence electrons. The third-order valence-electron chi connectivity index (χ3n) is 4.60. The van der Waals surface area contributed by atoms with Crippen molar-refractivity contribution in [3.63, 3.8) is 0 Å². The molecule has 4 nitrogen and oxygen atoms in total. The molecular weight excluding hydrogens is 545 g/mol. The molecule has 1 atom stereocenters. The van der Waals surface area contributed by atoms with E-state index in [1.54, 1.807) is 0 Å². The van der Waals surface area contributed by atoms with E-state index in [2.05, 4.69) is 0 Å². The van der Waals surface area contributed by atoms with Crippen LogP contribution < -0.4 is 11.1 Å². The molecule has 0 aliphatic rings. The second kappa shape index (κ2) is 10.9. The van der Waals surface area contributed by atoms with Crippen LogP contribution in [0.5, 0.6) is 0 Å². The van der Waals surface area contributed by atoms with Crippen LogP contribution in [-0.2, 0) is 11.0 Å². The zero-order valence-corrected chi connectivity index (χ0v) is 19.8. The molecule has 0 aliphatic carbocycles. The Labute approximate surface area is 210 Å². The zero-order valence-electron chi connectivity index (χ0n) is 17.5. The van der Waals surface area contributed by atoms with Gasteiger partial charge < -0.3 is 11.1 Å². The molecule has 0 saturated carbocycles. The van der Waals surface area contributed by atoms with Gasteiger partial charge in [0.05, 0.1) is 32.1 Å². The minimum Gasteiger partial charge on any atom is -0.364 e. The first-order chi connectivity index (χ1) is 16.1. The summed E-state index contributed by atoms with van der Waals surface area (Å²) in [6, 6.07) is 4.18. The SMILES string of the molecule is C/C=C(\NC(=O)c1ccc(/C=C/C(c2cc(Cl)c(Cl)c(Cl)c2)C(F)(F)F)cc1C(F)(F)F)C(N)=O. The first-order valence-corrected chi connectivity index (χ1v) is 10.6. The van der Waals surface area contributed by atoms with Crippen molar-refractivity contribution in [2.75, 3.05) is 0 Å². The highest BCUT2D eigenvalue weighted by molar-refractivity contribution is 6.48. The van der Waals surface area contributed by atoms with Crippen molar-refractivity contribution in [3.05, 3.63) is 85.5 Å². The van der Waals surface area contributed by atoms with Crippen LogP contribution in [0.25, 0.3) is 6.08 Å². The molecule has 0 fully saturated rings. The molecule has 1 unspecified atom stereocenters. The Hall–Kier alpha value is -2.69. The van der Waals surface area contributed by atoms with Gasteiger partial charge in [-0.2, -0.15) is 26.3 Å². The average Bonchev–Trinajstić information content (AvgIpc) is 2.73. The molecule has 0 bridgehead atoms. The fraction of sp³-hybridized carbons (Fsp3) is 0.182. The van der Waals surface area contributed by atoms with E-state index in [0.717, 1.165) is 36.4 Å². The zero-order chi connectivity index (χ0) is 26.7. The molecule has 0 spiro atoms. The molecule has 2 aromatic rings. The third-order valence-corrected chi connectivity index (χ3v) is 5.79. The number of hydrogen-bond acceptors (Lipinski definition) is 2. The Bertz CT molecular complexity index is 1180. The van der Waals surface area contributed by atoms with E-state index in [1.807, 2.05) is 5.32 Å². The molecule has 3 N–H and O–H groups in total. The summed E-state index contributed by atoms with van der Waals surface area (Å²) in [5.74, 6) is -4.63. The lowest BCUT2D eigenvalue weighted by molar-refractivity contribution is -0.139. The first-order valence-electron chi connectivity index (χ1n) is 9.44. The summed E-state index contributed by atoms with van der Waals surface area (Å²) in [5, 5.41) is 1.35. The quantitative estimate of drug-likeness (QED) is 0.224. The molecule has 0 heterocycles. The van der Waals surface area contributed by atoms with Crippen LogP contribution in [0.1, 0.15) is 39.9 Å². The predicted octanol–water partition coefficient (Wildman–Crippen LogP) is 7.14. The van der Waals surface area contributed by atoms with Crippen molar-refractivity contribution in [3.8, 4) is 0 Å². The Kier molecular flexibility index (Phi) is 8.91. The van der Waals surface area contributed by atoms with Crippen molar-refractivity contribution in [1.29, 1.82) is 0 Å². The molecule has 2 amide bonds. The van der Waals surface area contributed by atoms with Gasteiger partial charge in [-0.1, -0.05) is 59.1 Å². The number of alkyl halides is 6. The number of nitrogens with one attached hydrogen (secondary N) is 1. The number of halogens is 9. The maximum Gasteiger partial charge on any atom is 0.417 e. The van der Waals surface area contributed by atoms with Gasteiger partial charge in [0.1, 0.15) is 5.70 Å². The highest BCUT2D eigenvalue weighted by Crippen LogP contribution is 2.41. The Morgan fingerprint density at radius 3 is 2.03 bits per heavy atom. The average molecular weight is 560 g/mol. The first kappa shape index (κ1) is 28.5. The number of benzene rings is 2. The van der Waals surface area contributed by atoms with E-state index in [9.17, 15) is 35.9 Å². The van der Waals surface area contributed by atoms with Crippen LogP contribution in [0.4, 0.5) is 26.3 Å². The lowest BCUT2D eigenvalue weighted by Crippen LogP contribution is -2.32. The minimum atomic E-state index is -5.04. The van der Waals surface area contributed by atoms with Crippen molar-refractivity contribution >= 4 is 52.7 Å². The second-order valence-corrected chi connectivity index (χ2v) is 8.19. The van der Waals surface area contributed by atoms with Gasteiger partial charge in [-0.3, -0.25) is 9.59 Å². The fourth-order valence-electron chi connectivity index (χ4n) is 2.93. The largest absolute Gasteiger partial charge is 0.417 e. The Balaban J connectivity index is 2.51. The standard InChI is InChI=1S/C22H15Cl3F6N2O2/c1-2-17(19(32)34)33-20(35)12-5-3-10(7-14(12)22(29,30)31)4-6-13(21(26,27)28)11-8-15(23)18(25)16(24)9-11/h2-9,13H,1H3,(H2,32,34)(H,33,35)/b6-4+,17-2-. The molecule has 2 rings (SSSR count). The molecule has 0 aliphatic heterocycles. The highest BCUT2D eigenvalue weighted by Gasteiger charge is 2.40. The smallest absolute Gasteiger partial charge is 0.364 e. The van der Waals surface area contributed by atoms with Crippen LogP contribution in [0.2, 0.25) is 15.1 Å². The number of allylic oxidation sites excluding steroid dienone is 2. The summed E-state index contributed by atoms with van der Waals surface area (Å²) >= 11 is 17.4. The van der Waals surface area contributed by atoms with E-state index in [0.29, 0.717) is 12.1 Å². The summed E-state index contributed by atoms with van der Waals surface area (Å²) in [5.41, 5.74) is 1.64. The molecule has 35 heavy (non-hydrogen) atoms. The van der Waals surface area contributed by atoms with Crippen molar-refractivity contribution in [1.82, 2.24) is 5.32 Å². The summed E-state index contributed by atoms with van der Waals surface area (Å²) in [4.78, 5) is 23.5. The summed E-state index contributed by atoms with van der Waals surface area (Å²) in [7, 11) is 0. The lowest BCUT2D eigenvalue weighted by atomic mass is 9.96. The van der Waals surface area contributed by atoms with Crippen LogP contribution in [-0.4, -0.2) is 18.0 Å². The van der Waals surface area contributed by atoms with Gasteiger partial charge in [0.25, 0.3) is 11.8 Å². The molecular formula is C22H15Cl3F6N2O2. The van der Waals surface area contributed by atoms with Gasteiger partial charge in [-0.25, -0.2) is 0 Å². The molecule has 13 heteroatoms. The van der Waals surface area contributed by atoms with Crippen LogP contribution >= 0.6 is 34.8 Å². The van der Waals surface area contributed by atoms with E-state index < -0.39 is 46.9 Å². The summed E-state index contributed by atoms with van der Waals surface area (Å²) in [6.07, 6.45) is -7.36. The van der Waals surface area contributed by atoms with Crippen molar-refractivity contribution in [2.45, 2.75) is 25.2 Å². The topological polar surface area (TPSA) is 72.2 Å². The Morgan fingerprint density at radius 2 is 1.57 bits per heavy atom. The lowest BCUT2D eigenvalue weighted by Gasteiger charge is -2.19. The normalized spacial score (nSPS) is 13.7. The van der Waals surface area contributed by atoms with Gasteiger partial charge in [-0.05, 0) is 42.3 Å². The maximum atomic E-state index is 13.7. The number of carbonyl (C=O) groups excluding carboxylic acids is 2. The van der Waals surface area contributed by atoms with Crippen molar-refractivity contribution < 1.29 is 35.9 Å². The molecule has 0 radical (unpaired) electrons. The number of rotatable bonds is 6. The van der Waals surface area contributed by atoms with Crippen LogP contribution in [0.15, 0.2) is 48.2 Å². The van der Waals surface area contributed by atoms with Gasteiger partial charge in [0.2, 0.25) is 0 Å². The van der Waals surface area contributed by atoms with E-state index in [-0.39, 0.29) is 26.2 Å². The van der Waals surface area contributed by atoms with Gasteiger partial charge in [0.15, 0.2) is 0 Å². The number of carbonyl (C=O) groups is 2. The number of primary amides is 1. The second-order valence-electron chi connectivity index (χ2n) is 7.00. The summed E-state index contributed by atoms with van der Waals surface area (Å²) in [6.45, 7) is 1.33. The van der Waals surface area contributed by atoms with Crippen LogP contribution in [0, 0.1) is 0 Å². The number of nitrogens with two attached hydrogens (primary N) is 1. The highest BCUT2D eigenvalue weighted by atomic mass is 35.5. The molecule has 0 saturated heterocycles. The number of hydrogen-bond donors (Lipinski definition) is 2. The number of amides is 2. The third kappa shape index (κ3) is 7.16. The maximum absolute atomic E-state index is 13.7. The van der Waals surface area contributed by atoms with Gasteiger partial charge in [-0.15, -0.1) is 0 Å². The molecule has 2 aromatic carbocycles. The fourth-order valence-corrected chi connectivity index (χ4v) is 3.55.